The van der Waals surface area contributed by atoms with Crippen LogP contribution in [0, 0.1) is 5.92 Å². The van der Waals surface area contributed by atoms with Gasteiger partial charge in [-0.05, 0) is 31.0 Å². The molecule has 0 saturated heterocycles. The number of primary amides is 1. The van der Waals surface area contributed by atoms with E-state index in [-0.39, 0.29) is 17.8 Å². The summed E-state index contributed by atoms with van der Waals surface area (Å²) in [6.07, 6.45) is 0.622. The Labute approximate surface area is 123 Å². The van der Waals surface area contributed by atoms with Crippen LogP contribution in [-0.4, -0.2) is 29.7 Å². The predicted octanol–water partition coefficient (Wildman–Crippen LogP) is 0.814. The standard InChI is InChI=1S/C15H20N4O2/c1-4-11-13(21)19(3)14(17)18-15(11,2)10-7-5-6-9(8-10)12(16)20/h5-8,11H,4H2,1-3H3,(H2,16,20)(H2,17,18)/t11-,15-/m0/s1. The smallest absolute Gasteiger partial charge is 0.248 e. The maximum atomic E-state index is 12.4. The zero-order chi connectivity index (χ0) is 15.8. The lowest BCUT2D eigenvalue weighted by molar-refractivity contribution is -0.134. The molecule has 1 aliphatic rings. The molecule has 0 unspecified atom stereocenters. The van der Waals surface area contributed by atoms with Crippen LogP contribution in [0.5, 0.6) is 0 Å². The molecule has 0 aromatic heterocycles. The van der Waals surface area contributed by atoms with Gasteiger partial charge in [-0.15, -0.1) is 0 Å². The van der Waals surface area contributed by atoms with Gasteiger partial charge in [-0.1, -0.05) is 19.1 Å². The van der Waals surface area contributed by atoms with Gasteiger partial charge in [0.15, 0.2) is 5.96 Å². The van der Waals surface area contributed by atoms with E-state index in [1.807, 2.05) is 19.9 Å². The lowest BCUT2D eigenvalue weighted by atomic mass is 9.76. The van der Waals surface area contributed by atoms with Gasteiger partial charge < -0.3 is 11.5 Å². The first kappa shape index (κ1) is 15.0. The van der Waals surface area contributed by atoms with E-state index in [1.54, 1.807) is 25.2 Å². The van der Waals surface area contributed by atoms with E-state index >= 15 is 0 Å². The molecule has 0 bridgehead atoms. The minimum atomic E-state index is -0.798. The van der Waals surface area contributed by atoms with Crippen LogP contribution in [0.4, 0.5) is 0 Å². The zero-order valence-corrected chi connectivity index (χ0v) is 12.5. The Morgan fingerprint density at radius 2 is 2.14 bits per heavy atom. The van der Waals surface area contributed by atoms with Crippen LogP contribution in [0.25, 0.3) is 0 Å². The van der Waals surface area contributed by atoms with Crippen molar-refractivity contribution >= 4 is 17.8 Å². The molecule has 2 atom stereocenters. The summed E-state index contributed by atoms with van der Waals surface area (Å²) in [4.78, 5) is 29.7. The van der Waals surface area contributed by atoms with Crippen molar-refractivity contribution in [1.29, 1.82) is 0 Å². The zero-order valence-electron chi connectivity index (χ0n) is 12.5. The van der Waals surface area contributed by atoms with E-state index in [2.05, 4.69) is 4.99 Å². The van der Waals surface area contributed by atoms with E-state index in [1.165, 1.54) is 4.90 Å². The fraction of sp³-hybridized carbons (Fsp3) is 0.400. The third-order valence-corrected chi connectivity index (χ3v) is 4.14. The highest BCUT2D eigenvalue weighted by Crippen LogP contribution is 2.39. The second-order valence-electron chi connectivity index (χ2n) is 5.42. The molecule has 0 radical (unpaired) electrons. The van der Waals surface area contributed by atoms with Crippen LogP contribution in [0.3, 0.4) is 0 Å². The van der Waals surface area contributed by atoms with Crippen LogP contribution >= 0.6 is 0 Å². The van der Waals surface area contributed by atoms with E-state index in [0.29, 0.717) is 12.0 Å². The van der Waals surface area contributed by atoms with Gasteiger partial charge in [-0.2, -0.15) is 0 Å². The van der Waals surface area contributed by atoms with Crippen molar-refractivity contribution in [1.82, 2.24) is 4.90 Å². The van der Waals surface area contributed by atoms with E-state index in [4.69, 9.17) is 11.5 Å². The lowest BCUT2D eigenvalue weighted by Crippen LogP contribution is -2.53. The van der Waals surface area contributed by atoms with Crippen LogP contribution in [0.2, 0.25) is 0 Å². The maximum Gasteiger partial charge on any atom is 0.248 e. The Balaban J connectivity index is 2.60. The van der Waals surface area contributed by atoms with Gasteiger partial charge in [0, 0.05) is 12.6 Å². The van der Waals surface area contributed by atoms with Crippen LogP contribution in [-0.2, 0) is 10.3 Å². The molecule has 112 valence electrons. The average molecular weight is 288 g/mol. The first-order chi connectivity index (χ1) is 9.81. The first-order valence-corrected chi connectivity index (χ1v) is 6.84. The number of rotatable bonds is 3. The highest BCUT2D eigenvalue weighted by Gasteiger charge is 2.45. The summed E-state index contributed by atoms with van der Waals surface area (Å²) in [5.74, 6) is -0.740. The van der Waals surface area contributed by atoms with Crippen molar-refractivity contribution in [3.8, 4) is 0 Å². The number of nitrogens with zero attached hydrogens (tertiary/aromatic N) is 2. The quantitative estimate of drug-likeness (QED) is 0.860. The second-order valence-corrected chi connectivity index (χ2v) is 5.42. The third-order valence-electron chi connectivity index (χ3n) is 4.14. The molecule has 0 saturated carbocycles. The summed E-state index contributed by atoms with van der Waals surface area (Å²) in [7, 11) is 1.61. The van der Waals surface area contributed by atoms with Gasteiger partial charge >= 0.3 is 0 Å². The lowest BCUT2D eigenvalue weighted by Gasteiger charge is -2.40. The molecule has 0 aliphatic carbocycles. The Bertz CT molecular complexity index is 626. The number of amides is 2. The summed E-state index contributed by atoms with van der Waals surface area (Å²) in [6.45, 7) is 3.79. The van der Waals surface area contributed by atoms with E-state index < -0.39 is 11.4 Å². The van der Waals surface area contributed by atoms with Gasteiger partial charge in [-0.3, -0.25) is 14.5 Å². The Kier molecular flexibility index (Phi) is 3.72. The van der Waals surface area contributed by atoms with Crippen molar-refractivity contribution in [2.75, 3.05) is 7.05 Å². The second kappa shape index (κ2) is 5.20. The summed E-state index contributed by atoms with van der Waals surface area (Å²) in [5, 5.41) is 0. The van der Waals surface area contributed by atoms with Gasteiger partial charge in [0.1, 0.15) is 0 Å². The summed E-state index contributed by atoms with van der Waals surface area (Å²) in [6, 6.07) is 6.90. The summed E-state index contributed by atoms with van der Waals surface area (Å²) < 4.78 is 0. The minimum absolute atomic E-state index is 0.0722. The van der Waals surface area contributed by atoms with E-state index in [9.17, 15) is 9.59 Å². The molecule has 0 fully saturated rings. The topological polar surface area (TPSA) is 102 Å². The fourth-order valence-corrected chi connectivity index (χ4v) is 2.80. The largest absolute Gasteiger partial charge is 0.369 e. The Hall–Kier alpha value is -2.37. The first-order valence-electron chi connectivity index (χ1n) is 6.84. The molecule has 4 N–H and O–H groups in total. The van der Waals surface area contributed by atoms with Gasteiger partial charge in [0.2, 0.25) is 11.8 Å². The highest BCUT2D eigenvalue weighted by atomic mass is 16.2. The fourth-order valence-electron chi connectivity index (χ4n) is 2.80. The summed E-state index contributed by atoms with van der Waals surface area (Å²) >= 11 is 0. The normalized spacial score (nSPS) is 25.7. The number of hydrogen-bond acceptors (Lipinski definition) is 4. The van der Waals surface area contributed by atoms with Crippen LogP contribution in [0.1, 0.15) is 36.2 Å². The maximum absolute atomic E-state index is 12.4. The average Bonchev–Trinajstić information content (AvgIpc) is 2.45. The predicted molar refractivity (Wildman–Crippen MR) is 80.5 cm³/mol. The molecule has 1 aromatic carbocycles. The molecule has 1 heterocycles. The number of hydrogen-bond donors (Lipinski definition) is 2. The van der Waals surface area contributed by atoms with Crippen molar-refractivity contribution < 1.29 is 9.59 Å². The number of benzene rings is 1. The molecular formula is C15H20N4O2. The number of carbonyl (C=O) groups is 2. The molecule has 2 amide bonds. The molecule has 2 rings (SSSR count). The number of guanidine groups is 1. The summed E-state index contributed by atoms with van der Waals surface area (Å²) in [5.41, 5.74) is 11.5. The number of carbonyl (C=O) groups excluding carboxylic acids is 2. The van der Waals surface area contributed by atoms with Crippen molar-refractivity contribution in [2.45, 2.75) is 25.8 Å². The number of aliphatic imine (C=N–C) groups is 1. The molecule has 0 spiro atoms. The molecule has 6 heteroatoms. The van der Waals surface area contributed by atoms with Crippen molar-refractivity contribution in [3.05, 3.63) is 35.4 Å². The van der Waals surface area contributed by atoms with Crippen LogP contribution < -0.4 is 11.5 Å². The van der Waals surface area contributed by atoms with Crippen molar-refractivity contribution in [3.63, 3.8) is 0 Å². The molecule has 6 nitrogen and oxygen atoms in total. The highest BCUT2D eigenvalue weighted by molar-refractivity contribution is 6.00. The van der Waals surface area contributed by atoms with E-state index in [0.717, 1.165) is 5.56 Å². The minimum Gasteiger partial charge on any atom is -0.369 e. The third kappa shape index (κ3) is 2.37. The van der Waals surface area contributed by atoms with Gasteiger partial charge in [0.25, 0.3) is 0 Å². The SMILES string of the molecule is CC[C@H]1C(=O)N(C)C(N)=N[C@@]1(C)c1cccc(C(N)=O)c1. The van der Waals surface area contributed by atoms with Gasteiger partial charge in [-0.25, -0.2) is 4.99 Å². The molecule has 1 aromatic rings. The Morgan fingerprint density at radius 1 is 1.48 bits per heavy atom. The Morgan fingerprint density at radius 3 is 2.71 bits per heavy atom. The molecule has 21 heavy (non-hydrogen) atoms. The van der Waals surface area contributed by atoms with Gasteiger partial charge in [0.05, 0.1) is 11.5 Å². The van der Waals surface area contributed by atoms with Crippen LogP contribution in [0.15, 0.2) is 29.3 Å². The number of nitrogens with two attached hydrogens (primary N) is 2. The monoisotopic (exact) mass is 288 g/mol. The van der Waals surface area contributed by atoms with Crippen molar-refractivity contribution in [2.24, 2.45) is 22.4 Å². The molecule has 1 aliphatic heterocycles. The molecular weight excluding hydrogens is 268 g/mol.